The lowest BCUT2D eigenvalue weighted by atomic mass is 10.1. The number of hydrogen-bond acceptors (Lipinski definition) is 2. The van der Waals surface area contributed by atoms with Gasteiger partial charge in [0.15, 0.2) is 0 Å². The first-order valence-electron chi connectivity index (χ1n) is 9.95. The van der Waals surface area contributed by atoms with Crippen LogP contribution in [0.15, 0.2) is 91.0 Å². The second-order valence-electron chi connectivity index (χ2n) is 7.18. The Morgan fingerprint density at radius 3 is 2.12 bits per heavy atom. The summed E-state index contributed by atoms with van der Waals surface area (Å²) < 4.78 is 38.8. The van der Waals surface area contributed by atoms with E-state index in [9.17, 15) is 22.8 Å². The number of nitrogens with one attached hydrogen (secondary N) is 3. The molecular formula is C25H18F3N3O2. The van der Waals surface area contributed by atoms with Gasteiger partial charge in [-0.05, 0) is 41.8 Å². The van der Waals surface area contributed by atoms with Gasteiger partial charge in [-0.2, -0.15) is 13.2 Å². The van der Waals surface area contributed by atoms with Crippen molar-refractivity contribution < 1.29 is 22.8 Å². The molecular weight excluding hydrogens is 431 g/mol. The molecule has 0 aliphatic carbocycles. The molecule has 0 radical (unpaired) electrons. The molecule has 4 aromatic rings. The smallest absolute Gasteiger partial charge is 0.322 e. The number of para-hydroxylation sites is 1. The van der Waals surface area contributed by atoms with Crippen LogP contribution in [0.25, 0.3) is 10.8 Å². The molecule has 166 valence electrons. The second kappa shape index (κ2) is 9.04. The minimum absolute atomic E-state index is 0.00941. The highest BCUT2D eigenvalue weighted by atomic mass is 19.4. The summed E-state index contributed by atoms with van der Waals surface area (Å²) in [7, 11) is 0. The minimum atomic E-state index is -4.53. The van der Waals surface area contributed by atoms with Crippen molar-refractivity contribution in [2.45, 2.75) is 6.18 Å². The second-order valence-corrected chi connectivity index (χ2v) is 7.18. The molecule has 0 heterocycles. The number of hydrogen-bond donors (Lipinski definition) is 3. The fourth-order valence-corrected chi connectivity index (χ4v) is 3.37. The number of benzene rings is 4. The molecule has 0 saturated heterocycles. The van der Waals surface area contributed by atoms with Crippen molar-refractivity contribution in [3.05, 3.63) is 102 Å². The maximum atomic E-state index is 12.9. The third-order valence-corrected chi connectivity index (χ3v) is 4.91. The number of fused-ring (bicyclic) bond motifs is 1. The summed E-state index contributed by atoms with van der Waals surface area (Å²) in [5.74, 6) is -0.657. The highest BCUT2D eigenvalue weighted by Crippen LogP contribution is 2.31. The number of alkyl halides is 3. The van der Waals surface area contributed by atoms with Crippen LogP contribution in [-0.2, 0) is 6.18 Å². The highest BCUT2D eigenvalue weighted by molar-refractivity contribution is 6.12. The number of rotatable bonds is 4. The fourth-order valence-electron chi connectivity index (χ4n) is 3.37. The number of carbonyl (C=O) groups excluding carboxylic acids is 2. The molecule has 0 aromatic heterocycles. The number of amides is 3. The number of anilines is 3. The van der Waals surface area contributed by atoms with Crippen LogP contribution >= 0.6 is 0 Å². The number of urea groups is 1. The average Bonchev–Trinajstić information content (AvgIpc) is 2.79. The van der Waals surface area contributed by atoms with Crippen LogP contribution in [0.2, 0.25) is 0 Å². The zero-order valence-electron chi connectivity index (χ0n) is 17.1. The molecule has 0 fully saturated rings. The molecule has 0 saturated carbocycles. The molecule has 3 amide bonds. The van der Waals surface area contributed by atoms with E-state index in [-0.39, 0.29) is 16.9 Å². The monoisotopic (exact) mass is 449 g/mol. The molecule has 4 rings (SSSR count). The molecule has 3 N–H and O–H groups in total. The van der Waals surface area contributed by atoms with Crippen LogP contribution in [0, 0.1) is 0 Å². The maximum Gasteiger partial charge on any atom is 0.416 e. The average molecular weight is 449 g/mol. The summed E-state index contributed by atoms with van der Waals surface area (Å²) in [6, 6.07) is 23.0. The van der Waals surface area contributed by atoms with E-state index in [0.717, 1.165) is 22.9 Å². The van der Waals surface area contributed by atoms with Crippen LogP contribution in [0.1, 0.15) is 15.9 Å². The van der Waals surface area contributed by atoms with Crippen LogP contribution < -0.4 is 16.0 Å². The molecule has 33 heavy (non-hydrogen) atoms. The first kappa shape index (κ1) is 21.9. The lowest BCUT2D eigenvalue weighted by Crippen LogP contribution is -2.22. The standard InChI is InChI=1S/C25H18F3N3O2/c26-25(27,28)17-9-6-10-18(15-17)29-23(32)20-12-3-4-13-22(20)31-24(33)30-21-14-5-8-16-7-1-2-11-19(16)21/h1-15H,(H,29,32)(H2,30,31,33). The van der Waals surface area contributed by atoms with Gasteiger partial charge in [-0.3, -0.25) is 4.79 Å². The SMILES string of the molecule is O=C(Nc1ccccc1C(=O)Nc1cccc(C(F)(F)F)c1)Nc1cccc2ccccc12. The summed E-state index contributed by atoms with van der Waals surface area (Å²) >= 11 is 0. The number of halogens is 3. The van der Waals surface area contributed by atoms with Crippen molar-refractivity contribution >= 4 is 39.8 Å². The minimum Gasteiger partial charge on any atom is -0.322 e. The van der Waals surface area contributed by atoms with Crippen molar-refractivity contribution in [1.29, 1.82) is 0 Å². The van der Waals surface area contributed by atoms with E-state index in [1.165, 1.54) is 24.3 Å². The predicted molar refractivity (Wildman–Crippen MR) is 122 cm³/mol. The molecule has 0 aliphatic heterocycles. The Morgan fingerprint density at radius 1 is 0.667 bits per heavy atom. The molecule has 4 aromatic carbocycles. The first-order chi connectivity index (χ1) is 15.8. The normalized spacial score (nSPS) is 11.1. The van der Waals surface area contributed by atoms with Gasteiger partial charge >= 0.3 is 12.2 Å². The third kappa shape index (κ3) is 5.12. The van der Waals surface area contributed by atoms with Crippen molar-refractivity contribution in [2.75, 3.05) is 16.0 Å². The predicted octanol–water partition coefficient (Wildman–Crippen LogP) is 6.75. The van der Waals surface area contributed by atoms with Crippen LogP contribution in [0.3, 0.4) is 0 Å². The first-order valence-corrected chi connectivity index (χ1v) is 9.95. The van der Waals surface area contributed by atoms with E-state index < -0.39 is 23.7 Å². The fraction of sp³-hybridized carbons (Fsp3) is 0.0400. The zero-order chi connectivity index (χ0) is 23.4. The summed E-state index contributed by atoms with van der Waals surface area (Å²) in [5, 5.41) is 9.66. The molecule has 8 heteroatoms. The summed E-state index contributed by atoms with van der Waals surface area (Å²) in [4.78, 5) is 25.4. The van der Waals surface area contributed by atoms with E-state index >= 15 is 0 Å². The Morgan fingerprint density at radius 2 is 1.30 bits per heavy atom. The third-order valence-electron chi connectivity index (χ3n) is 4.91. The molecule has 5 nitrogen and oxygen atoms in total. The van der Waals surface area contributed by atoms with Gasteiger partial charge in [0.05, 0.1) is 22.5 Å². The van der Waals surface area contributed by atoms with Crippen LogP contribution in [0.4, 0.5) is 35.0 Å². The van der Waals surface area contributed by atoms with Gasteiger partial charge in [-0.15, -0.1) is 0 Å². The van der Waals surface area contributed by atoms with Gasteiger partial charge in [0.1, 0.15) is 0 Å². The van der Waals surface area contributed by atoms with Gasteiger partial charge in [-0.1, -0.05) is 54.6 Å². The highest BCUT2D eigenvalue weighted by Gasteiger charge is 2.30. The van der Waals surface area contributed by atoms with Gasteiger partial charge in [-0.25, -0.2) is 4.79 Å². The Kier molecular flexibility index (Phi) is 5.99. The quantitative estimate of drug-likeness (QED) is 0.322. The van der Waals surface area contributed by atoms with E-state index in [1.807, 2.05) is 36.4 Å². The molecule has 0 aliphatic rings. The van der Waals surface area contributed by atoms with Gasteiger partial charge in [0.2, 0.25) is 0 Å². The lowest BCUT2D eigenvalue weighted by Gasteiger charge is -2.14. The van der Waals surface area contributed by atoms with Crippen molar-refractivity contribution in [3.8, 4) is 0 Å². The molecule has 0 bridgehead atoms. The summed E-state index contributed by atoms with van der Waals surface area (Å²) in [5.41, 5.74) is 0.0187. The topological polar surface area (TPSA) is 70.2 Å². The Labute approximate surface area is 187 Å². The lowest BCUT2D eigenvalue weighted by molar-refractivity contribution is -0.137. The molecule has 0 unspecified atom stereocenters. The van der Waals surface area contributed by atoms with E-state index in [0.29, 0.717) is 5.69 Å². The van der Waals surface area contributed by atoms with Gasteiger partial charge < -0.3 is 16.0 Å². The Balaban J connectivity index is 1.51. The number of carbonyl (C=O) groups is 2. The van der Waals surface area contributed by atoms with E-state index in [2.05, 4.69) is 16.0 Å². The van der Waals surface area contributed by atoms with Gasteiger partial charge in [0, 0.05) is 11.1 Å². The Bertz CT molecular complexity index is 1330. The van der Waals surface area contributed by atoms with E-state index in [4.69, 9.17) is 0 Å². The van der Waals surface area contributed by atoms with Crippen LogP contribution in [-0.4, -0.2) is 11.9 Å². The summed E-state index contributed by atoms with van der Waals surface area (Å²) in [6.07, 6.45) is -4.53. The largest absolute Gasteiger partial charge is 0.416 e. The van der Waals surface area contributed by atoms with Crippen molar-refractivity contribution in [2.24, 2.45) is 0 Å². The van der Waals surface area contributed by atoms with Gasteiger partial charge in [0.25, 0.3) is 5.91 Å². The molecule has 0 spiro atoms. The van der Waals surface area contributed by atoms with Crippen molar-refractivity contribution in [1.82, 2.24) is 0 Å². The maximum absolute atomic E-state index is 12.9. The van der Waals surface area contributed by atoms with E-state index in [1.54, 1.807) is 18.2 Å². The molecule has 0 atom stereocenters. The van der Waals surface area contributed by atoms with Crippen molar-refractivity contribution in [3.63, 3.8) is 0 Å². The summed E-state index contributed by atoms with van der Waals surface area (Å²) in [6.45, 7) is 0. The van der Waals surface area contributed by atoms with Crippen LogP contribution in [0.5, 0.6) is 0 Å². The Hall–Kier alpha value is -4.33. The zero-order valence-corrected chi connectivity index (χ0v) is 17.1.